The Labute approximate surface area is 207 Å². The van der Waals surface area contributed by atoms with Gasteiger partial charge in [-0.25, -0.2) is 0 Å². The lowest BCUT2D eigenvalue weighted by molar-refractivity contribution is -0.114. The molecule has 0 aliphatic carbocycles. The zero-order valence-electron chi connectivity index (χ0n) is 18.3. The van der Waals surface area contributed by atoms with Crippen molar-refractivity contribution in [1.82, 2.24) is 9.47 Å². The van der Waals surface area contributed by atoms with E-state index in [2.05, 4.69) is 16.7 Å². The third-order valence-corrected chi connectivity index (χ3v) is 6.60. The highest BCUT2D eigenvalue weighted by molar-refractivity contribution is 7.80. The molecule has 1 saturated heterocycles. The second-order valence-corrected chi connectivity index (χ2v) is 8.83. The Morgan fingerprint density at radius 1 is 1.03 bits per heavy atom. The Morgan fingerprint density at radius 2 is 1.74 bits per heavy atom. The van der Waals surface area contributed by atoms with Crippen LogP contribution in [0.25, 0.3) is 17.0 Å². The maximum atomic E-state index is 13.4. The van der Waals surface area contributed by atoms with Gasteiger partial charge in [-0.1, -0.05) is 41.9 Å². The second-order valence-electron chi connectivity index (χ2n) is 8.03. The van der Waals surface area contributed by atoms with Crippen LogP contribution in [0.2, 0.25) is 5.02 Å². The first-order valence-corrected chi connectivity index (χ1v) is 11.4. The van der Waals surface area contributed by atoms with Crippen LogP contribution in [0.3, 0.4) is 0 Å². The predicted molar refractivity (Wildman–Crippen MR) is 139 cm³/mol. The maximum absolute atomic E-state index is 13.4. The van der Waals surface area contributed by atoms with Crippen LogP contribution in [0.5, 0.6) is 0 Å². The summed E-state index contributed by atoms with van der Waals surface area (Å²) in [4.78, 5) is 16.6. The van der Waals surface area contributed by atoms with Crippen LogP contribution in [-0.4, -0.2) is 27.5 Å². The van der Waals surface area contributed by atoms with E-state index in [0.29, 0.717) is 33.6 Å². The van der Waals surface area contributed by atoms with Crippen LogP contribution in [0.1, 0.15) is 16.7 Å². The van der Waals surface area contributed by atoms with Crippen LogP contribution in [0.15, 0.2) is 84.7 Å². The quantitative estimate of drug-likeness (QED) is 0.272. The van der Waals surface area contributed by atoms with Gasteiger partial charge in [0, 0.05) is 41.3 Å². The molecule has 0 atom stereocenters. The molecule has 1 aromatic heterocycles. The lowest BCUT2D eigenvalue weighted by atomic mass is 10.1. The Kier molecular flexibility index (Phi) is 5.66. The van der Waals surface area contributed by atoms with Crippen molar-refractivity contribution < 1.29 is 4.79 Å². The predicted octanol–water partition coefficient (Wildman–Crippen LogP) is 5.82. The molecule has 4 aromatic rings. The molecule has 34 heavy (non-hydrogen) atoms. The third kappa shape index (κ3) is 3.86. The number of hydrogen-bond acceptors (Lipinski definition) is 3. The fourth-order valence-electron chi connectivity index (χ4n) is 4.12. The summed E-state index contributed by atoms with van der Waals surface area (Å²) in [5, 5.41) is 11.1. The van der Waals surface area contributed by atoms with Gasteiger partial charge in [0.2, 0.25) is 0 Å². The van der Waals surface area contributed by atoms with E-state index in [4.69, 9.17) is 29.1 Å². The van der Waals surface area contributed by atoms with Gasteiger partial charge in [0.25, 0.3) is 5.91 Å². The van der Waals surface area contributed by atoms with Gasteiger partial charge >= 0.3 is 0 Å². The largest absolute Gasteiger partial charge is 0.342 e. The van der Waals surface area contributed by atoms with E-state index in [0.717, 1.165) is 22.0 Å². The molecule has 5 rings (SSSR count). The van der Waals surface area contributed by atoms with E-state index in [-0.39, 0.29) is 5.91 Å². The fraction of sp³-hybridized carbons (Fsp3) is 0.0741. The van der Waals surface area contributed by atoms with Crippen LogP contribution >= 0.6 is 23.8 Å². The zero-order valence-corrected chi connectivity index (χ0v) is 19.8. The van der Waals surface area contributed by atoms with Gasteiger partial charge in [-0.05, 0) is 66.3 Å². The van der Waals surface area contributed by atoms with Crippen LogP contribution in [-0.2, 0) is 11.3 Å². The topological polar surface area (TPSA) is 52.3 Å². The number of aromatic nitrogens is 1. The summed E-state index contributed by atoms with van der Waals surface area (Å²) in [7, 11) is 1.80. The highest BCUT2D eigenvalue weighted by Crippen LogP contribution is 2.31. The van der Waals surface area contributed by atoms with Gasteiger partial charge in [-0.2, -0.15) is 5.26 Å². The molecule has 2 heterocycles. The molecular weight excluding hydrogens is 464 g/mol. The number of rotatable bonds is 4. The maximum Gasteiger partial charge on any atom is 0.281 e. The highest BCUT2D eigenvalue weighted by Gasteiger charge is 2.37. The van der Waals surface area contributed by atoms with E-state index >= 15 is 0 Å². The average molecular weight is 483 g/mol. The summed E-state index contributed by atoms with van der Waals surface area (Å²) < 4.78 is 2.15. The van der Waals surface area contributed by atoms with Crippen molar-refractivity contribution in [2.24, 2.45) is 0 Å². The van der Waals surface area contributed by atoms with Crippen molar-refractivity contribution in [3.05, 3.63) is 106 Å². The number of carbonyl (C=O) groups is 1. The summed E-state index contributed by atoms with van der Waals surface area (Å²) in [5.41, 5.74) is 4.89. The van der Waals surface area contributed by atoms with Crippen LogP contribution in [0, 0.1) is 11.3 Å². The van der Waals surface area contributed by atoms with Crippen molar-refractivity contribution >= 4 is 57.5 Å². The average Bonchev–Trinajstić information content (AvgIpc) is 3.30. The Balaban J connectivity index is 1.53. The molecule has 0 radical (unpaired) electrons. The number of nitriles is 1. The number of nitrogens with zero attached hydrogens (tertiary/aromatic N) is 4. The highest BCUT2D eigenvalue weighted by atomic mass is 35.5. The number of fused-ring (bicyclic) bond motifs is 1. The van der Waals surface area contributed by atoms with E-state index in [9.17, 15) is 4.79 Å². The molecule has 0 N–H and O–H groups in total. The molecule has 5 nitrogen and oxygen atoms in total. The number of benzene rings is 3. The first kappa shape index (κ1) is 21.9. The molecule has 0 unspecified atom stereocenters. The van der Waals surface area contributed by atoms with Crippen molar-refractivity contribution in [1.29, 1.82) is 5.26 Å². The first-order chi connectivity index (χ1) is 16.5. The van der Waals surface area contributed by atoms with E-state index in [1.807, 2.05) is 54.7 Å². The molecule has 1 aliphatic heterocycles. The Morgan fingerprint density at radius 3 is 2.44 bits per heavy atom. The summed E-state index contributed by atoms with van der Waals surface area (Å²) in [6.45, 7) is 0.647. The SMILES string of the molecule is CN1C(=S)N(c2ccc(Cl)cc2)C(=O)/C1=C/c1cn(Cc2ccc(C#N)cc2)c2ccccc12. The lowest BCUT2D eigenvalue weighted by Gasteiger charge is -2.16. The van der Waals surface area contributed by atoms with E-state index in [1.54, 1.807) is 36.2 Å². The van der Waals surface area contributed by atoms with Gasteiger partial charge in [0.15, 0.2) is 5.11 Å². The van der Waals surface area contributed by atoms with Crippen molar-refractivity contribution in [3.63, 3.8) is 0 Å². The smallest absolute Gasteiger partial charge is 0.281 e. The zero-order chi connectivity index (χ0) is 23.8. The summed E-state index contributed by atoms with van der Waals surface area (Å²) in [6.07, 6.45) is 3.94. The summed E-state index contributed by atoms with van der Waals surface area (Å²) in [5.74, 6) is -0.182. The Bertz CT molecular complexity index is 1500. The molecule has 166 valence electrons. The molecule has 3 aromatic carbocycles. The van der Waals surface area contributed by atoms with Gasteiger partial charge in [0.1, 0.15) is 5.70 Å². The van der Waals surface area contributed by atoms with Crippen molar-refractivity contribution in [2.75, 3.05) is 11.9 Å². The number of hydrogen-bond donors (Lipinski definition) is 0. The number of likely N-dealkylation sites (N-methyl/N-ethyl adjacent to an activating group) is 1. The lowest BCUT2D eigenvalue weighted by Crippen LogP contribution is -2.31. The normalized spacial score (nSPS) is 14.9. The molecule has 0 saturated carbocycles. The minimum atomic E-state index is -0.182. The minimum Gasteiger partial charge on any atom is -0.342 e. The van der Waals surface area contributed by atoms with Crippen molar-refractivity contribution in [3.8, 4) is 6.07 Å². The third-order valence-electron chi connectivity index (χ3n) is 5.89. The molecule has 1 fully saturated rings. The number of anilines is 1. The summed E-state index contributed by atoms with van der Waals surface area (Å²) >= 11 is 11.6. The van der Waals surface area contributed by atoms with Crippen LogP contribution < -0.4 is 4.90 Å². The number of halogens is 1. The number of thiocarbonyl (C=S) groups is 1. The molecule has 0 bridgehead atoms. The molecule has 0 spiro atoms. The number of amides is 1. The number of carbonyl (C=O) groups excluding carboxylic acids is 1. The molecule has 7 heteroatoms. The standard InChI is InChI=1S/C27H19ClN4OS/c1-30-25(26(33)32(27(30)34)22-12-10-21(28)11-13-22)14-20-17-31(24-5-3-2-4-23(20)24)16-19-8-6-18(15-29)7-9-19/h2-14,17H,16H2,1H3/b25-14-. The second kappa shape index (κ2) is 8.79. The van der Waals surface area contributed by atoms with Crippen molar-refractivity contribution in [2.45, 2.75) is 6.54 Å². The first-order valence-electron chi connectivity index (χ1n) is 10.6. The fourth-order valence-corrected chi connectivity index (χ4v) is 4.54. The molecular formula is C27H19ClN4OS. The molecule has 1 aliphatic rings. The van der Waals surface area contributed by atoms with Crippen LogP contribution in [0.4, 0.5) is 5.69 Å². The van der Waals surface area contributed by atoms with Gasteiger partial charge in [-0.3, -0.25) is 9.69 Å². The molecule has 1 amide bonds. The van der Waals surface area contributed by atoms with Gasteiger partial charge in [0.05, 0.1) is 17.3 Å². The minimum absolute atomic E-state index is 0.182. The number of para-hydroxylation sites is 1. The Hall–Kier alpha value is -3.92. The van der Waals surface area contributed by atoms with E-state index < -0.39 is 0 Å². The van der Waals surface area contributed by atoms with Gasteiger partial charge < -0.3 is 9.47 Å². The van der Waals surface area contributed by atoms with E-state index in [1.165, 1.54) is 4.90 Å². The monoisotopic (exact) mass is 482 g/mol. The summed E-state index contributed by atoms with van der Waals surface area (Å²) in [6, 6.07) is 24.9. The van der Waals surface area contributed by atoms with Gasteiger partial charge in [-0.15, -0.1) is 0 Å².